The molecule has 0 atom stereocenters. The van der Waals surface area contributed by atoms with Crippen molar-refractivity contribution in [1.29, 1.82) is 5.26 Å². The number of hydrogen-bond donors (Lipinski definition) is 0. The van der Waals surface area contributed by atoms with Crippen molar-refractivity contribution in [2.45, 2.75) is 25.8 Å². The lowest BCUT2D eigenvalue weighted by molar-refractivity contribution is 0.0984. The molecule has 126 valence electrons. The minimum atomic E-state index is -0.0958. The van der Waals surface area contributed by atoms with Crippen molar-refractivity contribution in [2.24, 2.45) is 0 Å². The van der Waals surface area contributed by atoms with Crippen molar-refractivity contribution >= 4 is 11.6 Å². The average molecular weight is 332 g/mol. The van der Waals surface area contributed by atoms with E-state index in [9.17, 15) is 4.79 Å². The number of likely N-dealkylation sites (tertiary alicyclic amines) is 1. The van der Waals surface area contributed by atoms with Crippen LogP contribution in [-0.2, 0) is 13.0 Å². The van der Waals surface area contributed by atoms with Gasteiger partial charge in [0.05, 0.1) is 5.56 Å². The molecule has 1 saturated heterocycles. The first kappa shape index (κ1) is 15.8. The van der Waals surface area contributed by atoms with Gasteiger partial charge in [-0.05, 0) is 61.7 Å². The maximum absolute atomic E-state index is 12.8. The molecule has 0 spiro atoms. The molecule has 0 aliphatic carbocycles. The minimum absolute atomic E-state index is 0.0958. The monoisotopic (exact) mass is 332 g/mol. The summed E-state index contributed by atoms with van der Waals surface area (Å²) in [5.41, 5.74) is 4.48. The van der Waals surface area contributed by atoms with Crippen LogP contribution in [0.15, 0.2) is 36.5 Å². The SMILES string of the molecule is N#Cc1ccc(C(=O)N2CCc3c(CN4CCCC4)cccc32)nc1. The molecule has 1 aromatic carbocycles. The first-order chi connectivity index (χ1) is 12.3. The van der Waals surface area contributed by atoms with E-state index in [1.165, 1.54) is 43.3 Å². The van der Waals surface area contributed by atoms with Crippen LogP contribution in [0.25, 0.3) is 0 Å². The van der Waals surface area contributed by atoms with Crippen molar-refractivity contribution in [3.8, 4) is 6.07 Å². The molecule has 5 nitrogen and oxygen atoms in total. The molecule has 1 fully saturated rings. The third kappa shape index (κ3) is 3.01. The van der Waals surface area contributed by atoms with Gasteiger partial charge in [-0.1, -0.05) is 12.1 Å². The number of carbonyl (C=O) groups excluding carboxylic acids is 1. The molecule has 4 rings (SSSR count). The zero-order valence-corrected chi connectivity index (χ0v) is 14.1. The highest BCUT2D eigenvalue weighted by Crippen LogP contribution is 2.32. The molecule has 0 unspecified atom stereocenters. The summed E-state index contributed by atoms with van der Waals surface area (Å²) in [6, 6.07) is 11.6. The number of anilines is 1. The second-order valence-corrected chi connectivity index (χ2v) is 6.65. The van der Waals surface area contributed by atoms with E-state index in [2.05, 4.69) is 16.0 Å². The number of rotatable bonds is 3. The Balaban J connectivity index is 1.58. The third-order valence-corrected chi connectivity index (χ3v) is 5.07. The van der Waals surface area contributed by atoms with Gasteiger partial charge in [0, 0.05) is 25.0 Å². The van der Waals surface area contributed by atoms with E-state index in [4.69, 9.17) is 5.26 Å². The van der Waals surface area contributed by atoms with E-state index >= 15 is 0 Å². The molecule has 1 aromatic heterocycles. The van der Waals surface area contributed by atoms with Crippen LogP contribution >= 0.6 is 0 Å². The van der Waals surface area contributed by atoms with Crippen molar-refractivity contribution in [3.63, 3.8) is 0 Å². The molecule has 3 heterocycles. The average Bonchev–Trinajstić information content (AvgIpc) is 3.31. The summed E-state index contributed by atoms with van der Waals surface area (Å²) in [6.45, 7) is 4.00. The highest BCUT2D eigenvalue weighted by molar-refractivity contribution is 6.06. The molecule has 2 aliphatic heterocycles. The fourth-order valence-electron chi connectivity index (χ4n) is 3.77. The number of amides is 1. The summed E-state index contributed by atoms with van der Waals surface area (Å²) in [4.78, 5) is 21.3. The number of pyridine rings is 1. The molecular formula is C20H20N4O. The Labute approximate surface area is 147 Å². The van der Waals surface area contributed by atoms with Gasteiger partial charge in [-0.25, -0.2) is 4.98 Å². The van der Waals surface area contributed by atoms with Crippen LogP contribution in [0.5, 0.6) is 0 Å². The Morgan fingerprint density at radius 1 is 1.16 bits per heavy atom. The number of nitrogens with zero attached hydrogens (tertiary/aromatic N) is 4. The molecule has 1 amide bonds. The predicted molar refractivity (Wildman–Crippen MR) is 95.3 cm³/mol. The van der Waals surface area contributed by atoms with E-state index in [-0.39, 0.29) is 5.91 Å². The first-order valence-electron chi connectivity index (χ1n) is 8.77. The third-order valence-electron chi connectivity index (χ3n) is 5.07. The zero-order chi connectivity index (χ0) is 17.2. The Kier molecular flexibility index (Phi) is 4.21. The lowest BCUT2D eigenvalue weighted by atomic mass is 10.0. The van der Waals surface area contributed by atoms with E-state index in [1.807, 2.05) is 23.1 Å². The Hall–Kier alpha value is -2.71. The van der Waals surface area contributed by atoms with Crippen molar-refractivity contribution < 1.29 is 4.79 Å². The topological polar surface area (TPSA) is 60.2 Å². The molecule has 0 N–H and O–H groups in total. The molecule has 2 aromatic rings. The van der Waals surface area contributed by atoms with Crippen LogP contribution in [0, 0.1) is 11.3 Å². The van der Waals surface area contributed by atoms with Gasteiger partial charge in [0.25, 0.3) is 5.91 Å². The van der Waals surface area contributed by atoms with Crippen LogP contribution in [0.2, 0.25) is 0 Å². The zero-order valence-electron chi connectivity index (χ0n) is 14.1. The summed E-state index contributed by atoms with van der Waals surface area (Å²) in [6.07, 6.45) is 4.91. The molecule has 0 bridgehead atoms. The summed E-state index contributed by atoms with van der Waals surface area (Å²) in [7, 11) is 0. The van der Waals surface area contributed by atoms with Gasteiger partial charge in [-0.2, -0.15) is 5.26 Å². The normalized spacial score (nSPS) is 16.7. The van der Waals surface area contributed by atoms with Crippen LogP contribution in [0.1, 0.15) is 40.0 Å². The maximum Gasteiger partial charge on any atom is 0.276 e. The van der Waals surface area contributed by atoms with E-state index in [0.29, 0.717) is 17.8 Å². The van der Waals surface area contributed by atoms with Gasteiger partial charge >= 0.3 is 0 Å². The Morgan fingerprint density at radius 3 is 2.72 bits per heavy atom. The van der Waals surface area contributed by atoms with Gasteiger partial charge < -0.3 is 4.90 Å². The second kappa shape index (κ2) is 6.66. The number of aromatic nitrogens is 1. The van der Waals surface area contributed by atoms with Crippen LogP contribution < -0.4 is 4.90 Å². The number of fused-ring (bicyclic) bond motifs is 1. The van der Waals surface area contributed by atoms with Crippen LogP contribution in [0.4, 0.5) is 5.69 Å². The summed E-state index contributed by atoms with van der Waals surface area (Å²) >= 11 is 0. The Bertz CT molecular complexity index is 832. The quantitative estimate of drug-likeness (QED) is 0.867. The molecular weight excluding hydrogens is 312 g/mol. The van der Waals surface area contributed by atoms with Gasteiger partial charge in [-0.15, -0.1) is 0 Å². The number of hydrogen-bond acceptors (Lipinski definition) is 4. The van der Waals surface area contributed by atoms with Gasteiger partial charge in [0.1, 0.15) is 11.8 Å². The standard InChI is InChI=1S/C20H20N4O/c21-12-15-6-7-18(22-13-15)20(25)24-11-8-17-16(4-3-5-19(17)24)14-23-9-1-2-10-23/h3-7,13H,1-2,8-11,14H2. The molecule has 25 heavy (non-hydrogen) atoms. The minimum Gasteiger partial charge on any atom is -0.306 e. The molecule has 0 radical (unpaired) electrons. The van der Waals surface area contributed by atoms with Crippen LogP contribution in [0.3, 0.4) is 0 Å². The van der Waals surface area contributed by atoms with E-state index in [0.717, 1.165) is 18.7 Å². The van der Waals surface area contributed by atoms with Gasteiger partial charge in [0.15, 0.2) is 0 Å². The second-order valence-electron chi connectivity index (χ2n) is 6.65. The largest absolute Gasteiger partial charge is 0.306 e. The van der Waals surface area contributed by atoms with Crippen molar-refractivity contribution in [1.82, 2.24) is 9.88 Å². The first-order valence-corrected chi connectivity index (χ1v) is 8.77. The highest BCUT2D eigenvalue weighted by Gasteiger charge is 2.28. The fourth-order valence-corrected chi connectivity index (χ4v) is 3.77. The summed E-state index contributed by atoms with van der Waals surface area (Å²) in [5, 5.41) is 8.87. The summed E-state index contributed by atoms with van der Waals surface area (Å²) in [5.74, 6) is -0.0958. The highest BCUT2D eigenvalue weighted by atomic mass is 16.2. The van der Waals surface area contributed by atoms with Gasteiger partial charge in [-0.3, -0.25) is 9.69 Å². The number of carbonyl (C=O) groups is 1. The fraction of sp³-hybridized carbons (Fsp3) is 0.350. The molecule has 2 aliphatic rings. The van der Waals surface area contributed by atoms with E-state index < -0.39 is 0 Å². The van der Waals surface area contributed by atoms with E-state index in [1.54, 1.807) is 12.1 Å². The molecule has 5 heteroatoms. The van der Waals surface area contributed by atoms with Crippen LogP contribution in [-0.4, -0.2) is 35.4 Å². The van der Waals surface area contributed by atoms with Crippen molar-refractivity contribution in [3.05, 3.63) is 58.9 Å². The number of benzene rings is 1. The predicted octanol–water partition coefficient (Wildman–Crippen LogP) is 2.75. The Morgan fingerprint density at radius 2 is 2.00 bits per heavy atom. The maximum atomic E-state index is 12.8. The molecule has 0 saturated carbocycles. The number of nitriles is 1. The lowest BCUT2D eigenvalue weighted by Crippen LogP contribution is -2.29. The summed E-state index contributed by atoms with van der Waals surface area (Å²) < 4.78 is 0. The lowest BCUT2D eigenvalue weighted by Gasteiger charge is -2.19. The van der Waals surface area contributed by atoms with Crippen molar-refractivity contribution in [2.75, 3.05) is 24.5 Å². The smallest absolute Gasteiger partial charge is 0.276 e. The van der Waals surface area contributed by atoms with Gasteiger partial charge in [0.2, 0.25) is 0 Å².